The molecule has 4 heteroatoms. The number of carbonyl (C=O) groups excluding carboxylic acids is 1. The fraction of sp³-hybridized carbons (Fsp3) is 0.333. The summed E-state index contributed by atoms with van der Waals surface area (Å²) in [6.45, 7) is 6.11. The molecule has 0 atom stereocenters. The Balaban J connectivity index is 2.70. The molecule has 2 rings (SSSR count). The lowest BCUT2D eigenvalue weighted by molar-refractivity contribution is 0.0520. The highest BCUT2D eigenvalue weighted by Crippen LogP contribution is 2.22. The minimum atomic E-state index is -0.500. The molecule has 0 spiro atoms. The van der Waals surface area contributed by atoms with Crippen molar-refractivity contribution in [3.8, 4) is 0 Å². The largest absolute Gasteiger partial charge is 0.461 e. The Morgan fingerprint density at radius 3 is 2.74 bits per heavy atom. The van der Waals surface area contributed by atoms with Crippen molar-refractivity contribution in [2.24, 2.45) is 0 Å². The van der Waals surface area contributed by atoms with Gasteiger partial charge in [-0.3, -0.25) is 4.79 Å². The van der Waals surface area contributed by atoms with Gasteiger partial charge >= 0.3 is 5.97 Å². The molecule has 1 aromatic heterocycles. The predicted molar refractivity (Wildman–Crippen MR) is 74.6 cm³/mol. The van der Waals surface area contributed by atoms with Crippen LogP contribution in [0.2, 0.25) is 0 Å². The van der Waals surface area contributed by atoms with Crippen molar-refractivity contribution < 1.29 is 9.53 Å². The van der Waals surface area contributed by atoms with Gasteiger partial charge in [0, 0.05) is 11.5 Å². The number of pyridine rings is 1. The summed E-state index contributed by atoms with van der Waals surface area (Å²) in [5.74, 6) is -0.239. The number of esters is 1. The lowest BCUT2D eigenvalue weighted by Crippen LogP contribution is -2.13. The molecule has 19 heavy (non-hydrogen) atoms. The first-order valence-electron chi connectivity index (χ1n) is 6.37. The monoisotopic (exact) mass is 259 g/mol. The minimum Gasteiger partial charge on any atom is -0.461 e. The summed E-state index contributed by atoms with van der Waals surface area (Å²) in [5.41, 5.74) is 1.76. The highest BCUT2D eigenvalue weighted by Gasteiger charge is 2.13. The molecule has 0 aliphatic rings. The van der Waals surface area contributed by atoms with E-state index in [1.165, 1.54) is 6.07 Å². The summed E-state index contributed by atoms with van der Waals surface area (Å²) in [6, 6.07) is 6.87. The molecule has 100 valence electrons. The Bertz CT molecular complexity index is 671. The number of nitrogens with one attached hydrogen (secondary N) is 1. The first-order valence-corrected chi connectivity index (χ1v) is 6.37. The van der Waals surface area contributed by atoms with Gasteiger partial charge in [-0.25, -0.2) is 4.79 Å². The van der Waals surface area contributed by atoms with Crippen molar-refractivity contribution in [1.29, 1.82) is 0 Å². The molecule has 0 radical (unpaired) electrons. The smallest absolute Gasteiger partial charge is 0.354 e. The van der Waals surface area contributed by atoms with Crippen LogP contribution < -0.4 is 5.43 Å². The number of para-hydroxylation sites is 1. The van der Waals surface area contributed by atoms with E-state index in [9.17, 15) is 9.59 Å². The van der Waals surface area contributed by atoms with Crippen LogP contribution in [-0.4, -0.2) is 17.6 Å². The maximum atomic E-state index is 12.1. The molecule has 1 N–H and O–H groups in total. The van der Waals surface area contributed by atoms with Crippen LogP contribution in [0.5, 0.6) is 0 Å². The average Bonchev–Trinajstić information content (AvgIpc) is 2.38. The summed E-state index contributed by atoms with van der Waals surface area (Å²) in [6.07, 6.45) is 0. The third kappa shape index (κ3) is 2.52. The number of hydrogen-bond acceptors (Lipinski definition) is 3. The van der Waals surface area contributed by atoms with Gasteiger partial charge in [0.1, 0.15) is 5.69 Å². The van der Waals surface area contributed by atoms with Crippen molar-refractivity contribution in [1.82, 2.24) is 4.98 Å². The van der Waals surface area contributed by atoms with Gasteiger partial charge in [-0.1, -0.05) is 26.0 Å². The predicted octanol–water partition coefficient (Wildman–Crippen LogP) is 2.83. The van der Waals surface area contributed by atoms with E-state index in [-0.39, 0.29) is 23.6 Å². The van der Waals surface area contributed by atoms with E-state index in [0.717, 1.165) is 5.56 Å². The first kappa shape index (κ1) is 13.3. The maximum absolute atomic E-state index is 12.1. The van der Waals surface area contributed by atoms with Crippen LogP contribution >= 0.6 is 0 Å². The molecule has 0 saturated carbocycles. The van der Waals surface area contributed by atoms with Crippen LogP contribution in [0.1, 0.15) is 42.7 Å². The third-order valence-electron chi connectivity index (χ3n) is 3.01. The second-order valence-corrected chi connectivity index (χ2v) is 4.69. The average molecular weight is 259 g/mol. The Morgan fingerprint density at radius 2 is 2.11 bits per heavy atom. The molecule has 0 aliphatic heterocycles. The Kier molecular flexibility index (Phi) is 3.69. The fourth-order valence-corrected chi connectivity index (χ4v) is 2.09. The van der Waals surface area contributed by atoms with E-state index in [1.807, 2.05) is 26.0 Å². The molecule has 1 heterocycles. The number of aromatic nitrogens is 1. The number of hydrogen-bond donors (Lipinski definition) is 1. The topological polar surface area (TPSA) is 59.2 Å². The number of rotatable bonds is 3. The van der Waals surface area contributed by atoms with E-state index in [0.29, 0.717) is 10.9 Å². The Labute approximate surface area is 111 Å². The van der Waals surface area contributed by atoms with E-state index in [1.54, 1.807) is 13.0 Å². The summed E-state index contributed by atoms with van der Waals surface area (Å²) in [5, 5.41) is 0.597. The molecule has 0 saturated heterocycles. The fourth-order valence-electron chi connectivity index (χ4n) is 2.09. The molecular weight excluding hydrogens is 242 g/mol. The van der Waals surface area contributed by atoms with Crippen LogP contribution in [0.25, 0.3) is 10.9 Å². The van der Waals surface area contributed by atoms with Crippen molar-refractivity contribution in [3.63, 3.8) is 0 Å². The van der Waals surface area contributed by atoms with E-state index < -0.39 is 5.97 Å². The van der Waals surface area contributed by atoms with Gasteiger partial charge in [0.15, 0.2) is 5.43 Å². The highest BCUT2D eigenvalue weighted by atomic mass is 16.5. The van der Waals surface area contributed by atoms with Crippen molar-refractivity contribution in [2.75, 3.05) is 6.61 Å². The summed E-state index contributed by atoms with van der Waals surface area (Å²) < 4.78 is 4.92. The van der Waals surface area contributed by atoms with Crippen LogP contribution in [-0.2, 0) is 4.74 Å². The number of aromatic amines is 1. The number of benzene rings is 1. The molecule has 0 amide bonds. The number of fused-ring (bicyclic) bond motifs is 1. The van der Waals surface area contributed by atoms with Crippen molar-refractivity contribution in [2.45, 2.75) is 26.7 Å². The summed E-state index contributed by atoms with van der Waals surface area (Å²) in [4.78, 5) is 26.8. The number of ether oxygens (including phenoxy) is 1. The molecule has 4 nitrogen and oxygen atoms in total. The molecule has 0 bridgehead atoms. The SMILES string of the molecule is CCOC(=O)c1cc(=O)c2cccc(C(C)C)c2[nH]1. The summed E-state index contributed by atoms with van der Waals surface area (Å²) in [7, 11) is 0. The zero-order chi connectivity index (χ0) is 14.0. The van der Waals surface area contributed by atoms with Gasteiger partial charge < -0.3 is 9.72 Å². The standard InChI is InChI=1S/C15H17NO3/c1-4-19-15(18)12-8-13(17)11-7-5-6-10(9(2)3)14(11)16-12/h5-9H,4H2,1-3H3,(H,16,17). The lowest BCUT2D eigenvalue weighted by atomic mass is 9.99. The lowest BCUT2D eigenvalue weighted by Gasteiger charge is -2.11. The van der Waals surface area contributed by atoms with Crippen LogP contribution in [0.15, 0.2) is 29.1 Å². The Hall–Kier alpha value is -2.10. The first-order chi connectivity index (χ1) is 9.04. The summed E-state index contributed by atoms with van der Waals surface area (Å²) >= 11 is 0. The molecule has 2 aromatic rings. The molecule has 0 aliphatic carbocycles. The number of carbonyl (C=O) groups is 1. The van der Waals surface area contributed by atoms with Crippen LogP contribution in [0.3, 0.4) is 0 Å². The minimum absolute atomic E-state index is 0.167. The van der Waals surface area contributed by atoms with E-state index >= 15 is 0 Å². The van der Waals surface area contributed by atoms with Gasteiger partial charge in [-0.15, -0.1) is 0 Å². The van der Waals surface area contributed by atoms with Crippen LogP contribution in [0.4, 0.5) is 0 Å². The number of H-pyrrole nitrogens is 1. The zero-order valence-corrected chi connectivity index (χ0v) is 11.3. The second kappa shape index (κ2) is 5.26. The van der Waals surface area contributed by atoms with Gasteiger partial charge in [0.05, 0.1) is 12.1 Å². The van der Waals surface area contributed by atoms with Crippen molar-refractivity contribution >= 4 is 16.9 Å². The molecule has 0 fully saturated rings. The van der Waals surface area contributed by atoms with Gasteiger partial charge in [-0.05, 0) is 24.5 Å². The van der Waals surface area contributed by atoms with Gasteiger partial charge in [0.2, 0.25) is 0 Å². The van der Waals surface area contributed by atoms with E-state index in [2.05, 4.69) is 4.98 Å². The second-order valence-electron chi connectivity index (χ2n) is 4.69. The zero-order valence-electron chi connectivity index (χ0n) is 11.3. The van der Waals surface area contributed by atoms with Gasteiger partial charge in [0.25, 0.3) is 0 Å². The molecule has 1 aromatic carbocycles. The molecule has 0 unspecified atom stereocenters. The van der Waals surface area contributed by atoms with Crippen molar-refractivity contribution in [3.05, 3.63) is 45.7 Å². The third-order valence-corrected chi connectivity index (χ3v) is 3.01. The van der Waals surface area contributed by atoms with Crippen LogP contribution in [0, 0.1) is 0 Å². The Morgan fingerprint density at radius 1 is 1.37 bits per heavy atom. The van der Waals surface area contributed by atoms with Gasteiger partial charge in [-0.2, -0.15) is 0 Å². The highest BCUT2D eigenvalue weighted by molar-refractivity contribution is 5.91. The van der Waals surface area contributed by atoms with E-state index in [4.69, 9.17) is 4.74 Å². The normalized spacial score (nSPS) is 10.9. The molecular formula is C15H17NO3. The maximum Gasteiger partial charge on any atom is 0.354 e. The quantitative estimate of drug-likeness (QED) is 0.862.